The molecular weight excluding hydrogens is 356 g/mol. The zero-order valence-electron chi connectivity index (χ0n) is 15.8. The van der Waals surface area contributed by atoms with Crippen molar-refractivity contribution in [2.24, 2.45) is 0 Å². The van der Waals surface area contributed by atoms with Gasteiger partial charge in [0, 0.05) is 25.2 Å². The molecule has 1 saturated heterocycles. The molecule has 2 amide bonds. The average molecular weight is 380 g/mol. The Balaban J connectivity index is 1.29. The molecule has 2 aliphatic rings. The fraction of sp³-hybridized carbons (Fsp3) is 0.364. The lowest BCUT2D eigenvalue weighted by Gasteiger charge is -2.18. The third kappa shape index (κ3) is 4.27. The zero-order valence-corrected chi connectivity index (χ0v) is 15.8. The van der Waals surface area contributed by atoms with Crippen LogP contribution in [-0.2, 0) is 17.8 Å². The smallest absolute Gasteiger partial charge is 0.253 e. The van der Waals surface area contributed by atoms with Gasteiger partial charge in [-0.05, 0) is 48.2 Å². The number of amides is 2. The molecule has 0 radical (unpaired) electrons. The van der Waals surface area contributed by atoms with Gasteiger partial charge >= 0.3 is 0 Å². The summed E-state index contributed by atoms with van der Waals surface area (Å²) in [6.07, 6.45) is 2.45. The summed E-state index contributed by atoms with van der Waals surface area (Å²) in [5.74, 6) is 1.44. The van der Waals surface area contributed by atoms with Crippen molar-refractivity contribution >= 4 is 11.8 Å². The maximum absolute atomic E-state index is 12.4. The summed E-state index contributed by atoms with van der Waals surface area (Å²) >= 11 is 0. The van der Waals surface area contributed by atoms with Crippen LogP contribution < -0.4 is 14.8 Å². The van der Waals surface area contributed by atoms with Gasteiger partial charge in [-0.15, -0.1) is 0 Å². The van der Waals surface area contributed by atoms with Gasteiger partial charge < -0.3 is 19.7 Å². The fourth-order valence-corrected chi connectivity index (χ4v) is 3.51. The summed E-state index contributed by atoms with van der Waals surface area (Å²) in [6.45, 7) is 3.20. The summed E-state index contributed by atoms with van der Waals surface area (Å²) in [7, 11) is 0. The van der Waals surface area contributed by atoms with Crippen molar-refractivity contribution in [1.29, 1.82) is 0 Å². The second kappa shape index (κ2) is 8.33. The number of benzene rings is 2. The predicted molar refractivity (Wildman–Crippen MR) is 105 cm³/mol. The maximum Gasteiger partial charge on any atom is 0.253 e. The minimum Gasteiger partial charge on any atom is -0.486 e. The molecule has 2 aromatic carbocycles. The van der Waals surface area contributed by atoms with E-state index >= 15 is 0 Å². The van der Waals surface area contributed by atoms with Gasteiger partial charge in [0.2, 0.25) is 5.91 Å². The first-order valence-corrected chi connectivity index (χ1v) is 9.72. The van der Waals surface area contributed by atoms with Crippen molar-refractivity contribution < 1.29 is 19.1 Å². The molecule has 0 aromatic heterocycles. The third-order valence-corrected chi connectivity index (χ3v) is 5.06. The Bertz CT molecular complexity index is 857. The quantitative estimate of drug-likeness (QED) is 0.866. The van der Waals surface area contributed by atoms with E-state index in [4.69, 9.17) is 9.47 Å². The van der Waals surface area contributed by atoms with Crippen LogP contribution in [0.5, 0.6) is 11.5 Å². The molecule has 0 bridgehead atoms. The highest BCUT2D eigenvalue weighted by Gasteiger charge is 2.19. The molecular formula is C22H24N2O4. The minimum atomic E-state index is -0.0612. The second-order valence-electron chi connectivity index (χ2n) is 7.13. The van der Waals surface area contributed by atoms with E-state index in [9.17, 15) is 9.59 Å². The van der Waals surface area contributed by atoms with E-state index in [1.165, 1.54) is 0 Å². The molecule has 0 spiro atoms. The fourth-order valence-electron chi connectivity index (χ4n) is 3.51. The molecule has 4 rings (SSSR count). The Labute approximate surface area is 164 Å². The Morgan fingerprint density at radius 2 is 1.57 bits per heavy atom. The van der Waals surface area contributed by atoms with Gasteiger partial charge in [0.25, 0.3) is 5.91 Å². The molecule has 146 valence electrons. The van der Waals surface area contributed by atoms with Crippen molar-refractivity contribution in [3.05, 3.63) is 59.2 Å². The van der Waals surface area contributed by atoms with Crippen LogP contribution in [0, 0.1) is 0 Å². The number of hydrogen-bond donors (Lipinski definition) is 1. The van der Waals surface area contributed by atoms with Crippen molar-refractivity contribution in [3.63, 3.8) is 0 Å². The molecule has 0 aliphatic carbocycles. The highest BCUT2D eigenvalue weighted by molar-refractivity contribution is 5.94. The van der Waals surface area contributed by atoms with Crippen molar-refractivity contribution in [2.75, 3.05) is 26.3 Å². The first-order valence-electron chi connectivity index (χ1n) is 9.72. The van der Waals surface area contributed by atoms with Crippen LogP contribution >= 0.6 is 0 Å². The molecule has 2 aromatic rings. The summed E-state index contributed by atoms with van der Waals surface area (Å²) in [5.41, 5.74) is 2.55. The van der Waals surface area contributed by atoms with Crippen molar-refractivity contribution in [1.82, 2.24) is 10.2 Å². The summed E-state index contributed by atoms with van der Waals surface area (Å²) in [4.78, 5) is 26.5. The Morgan fingerprint density at radius 1 is 0.893 bits per heavy atom. The lowest BCUT2D eigenvalue weighted by molar-refractivity contribution is -0.120. The highest BCUT2D eigenvalue weighted by atomic mass is 16.6. The molecule has 1 N–H and O–H groups in total. The Morgan fingerprint density at radius 3 is 2.32 bits per heavy atom. The number of fused-ring (bicyclic) bond motifs is 1. The number of nitrogens with zero attached hydrogens (tertiary/aromatic N) is 1. The molecule has 6 nitrogen and oxygen atoms in total. The van der Waals surface area contributed by atoms with E-state index in [2.05, 4.69) is 5.32 Å². The number of hydrogen-bond acceptors (Lipinski definition) is 4. The van der Waals surface area contributed by atoms with Crippen LogP contribution in [0.1, 0.15) is 34.3 Å². The Kier molecular flexibility index (Phi) is 5.46. The first-order chi connectivity index (χ1) is 13.7. The monoisotopic (exact) mass is 380 g/mol. The van der Waals surface area contributed by atoms with Crippen LogP contribution in [-0.4, -0.2) is 43.0 Å². The van der Waals surface area contributed by atoms with Gasteiger partial charge in [0.1, 0.15) is 13.2 Å². The van der Waals surface area contributed by atoms with E-state index in [0.717, 1.165) is 42.8 Å². The van der Waals surface area contributed by atoms with Gasteiger partial charge in [-0.2, -0.15) is 0 Å². The first kappa shape index (κ1) is 18.3. The number of carbonyl (C=O) groups is 2. The normalized spacial score (nSPS) is 15.4. The average Bonchev–Trinajstić information content (AvgIpc) is 3.27. The van der Waals surface area contributed by atoms with E-state index in [-0.39, 0.29) is 18.2 Å². The van der Waals surface area contributed by atoms with E-state index in [0.29, 0.717) is 31.1 Å². The van der Waals surface area contributed by atoms with Crippen molar-refractivity contribution in [2.45, 2.75) is 25.8 Å². The predicted octanol–water partition coefficient (Wildman–Crippen LogP) is 2.55. The van der Waals surface area contributed by atoms with Gasteiger partial charge in [-0.3, -0.25) is 9.59 Å². The maximum atomic E-state index is 12.4. The van der Waals surface area contributed by atoms with Crippen LogP contribution in [0.3, 0.4) is 0 Å². The van der Waals surface area contributed by atoms with Crippen LogP contribution in [0.15, 0.2) is 42.5 Å². The van der Waals surface area contributed by atoms with E-state index < -0.39 is 0 Å². The molecule has 0 unspecified atom stereocenters. The Hall–Kier alpha value is -3.02. The molecule has 6 heteroatoms. The number of rotatable bonds is 5. The molecule has 28 heavy (non-hydrogen) atoms. The number of ether oxygens (including phenoxy) is 2. The molecule has 0 saturated carbocycles. The molecule has 1 fully saturated rings. The minimum absolute atomic E-state index is 0.0612. The molecule has 2 heterocycles. The van der Waals surface area contributed by atoms with Gasteiger partial charge in [0.05, 0.1) is 6.42 Å². The highest BCUT2D eigenvalue weighted by Crippen LogP contribution is 2.30. The summed E-state index contributed by atoms with van der Waals surface area (Å²) < 4.78 is 11.0. The largest absolute Gasteiger partial charge is 0.486 e. The standard InChI is InChI=1S/C22H24N2O4/c25-21(14-17-5-8-19-20(13-17)28-12-11-27-19)23-15-16-3-6-18(7-4-16)22(26)24-9-1-2-10-24/h3-8,13H,1-2,9-12,14-15H2,(H,23,25). The van der Waals surface area contributed by atoms with Crippen LogP contribution in [0.25, 0.3) is 0 Å². The zero-order chi connectivity index (χ0) is 19.3. The van der Waals surface area contributed by atoms with E-state index in [1.54, 1.807) is 0 Å². The van der Waals surface area contributed by atoms with Gasteiger partial charge in [-0.25, -0.2) is 0 Å². The topological polar surface area (TPSA) is 67.9 Å². The second-order valence-corrected chi connectivity index (χ2v) is 7.13. The lowest BCUT2D eigenvalue weighted by Crippen LogP contribution is -2.27. The SMILES string of the molecule is O=C(Cc1ccc2c(c1)OCCO2)NCc1ccc(C(=O)N2CCCC2)cc1. The van der Waals surface area contributed by atoms with E-state index in [1.807, 2.05) is 47.4 Å². The lowest BCUT2D eigenvalue weighted by atomic mass is 10.1. The number of likely N-dealkylation sites (tertiary alicyclic amines) is 1. The van der Waals surface area contributed by atoms with Crippen LogP contribution in [0.2, 0.25) is 0 Å². The molecule has 2 aliphatic heterocycles. The summed E-state index contributed by atoms with van der Waals surface area (Å²) in [6, 6.07) is 13.0. The van der Waals surface area contributed by atoms with Crippen molar-refractivity contribution in [3.8, 4) is 11.5 Å². The number of carbonyl (C=O) groups excluding carboxylic acids is 2. The number of nitrogens with one attached hydrogen (secondary N) is 1. The van der Waals surface area contributed by atoms with Crippen LogP contribution in [0.4, 0.5) is 0 Å². The summed E-state index contributed by atoms with van der Waals surface area (Å²) in [5, 5.41) is 2.92. The van der Waals surface area contributed by atoms with Gasteiger partial charge in [-0.1, -0.05) is 18.2 Å². The third-order valence-electron chi connectivity index (χ3n) is 5.06. The molecule has 0 atom stereocenters. The van der Waals surface area contributed by atoms with Gasteiger partial charge in [0.15, 0.2) is 11.5 Å².